The average Bonchev–Trinajstić information content (AvgIpc) is 2.90. The molecule has 0 spiro atoms. The number of rotatable bonds is 1. The molecule has 0 bridgehead atoms. The van der Waals surface area contributed by atoms with Crippen LogP contribution in [0.4, 0.5) is 0 Å². The standard InChI is InChI=1S/C16H23NO2/c1-10-5-6-11-13(16(11,4)14(18)19)12(9-17)15(2,3)8-7-10/h7,11-13H,5-6,8H2,1-4H3,(H,18,19)/b10-7+/t11-,12+,13-,16-/m0/s1. The van der Waals surface area contributed by atoms with E-state index in [9.17, 15) is 15.2 Å². The first-order chi connectivity index (χ1) is 8.75. The summed E-state index contributed by atoms with van der Waals surface area (Å²) in [6.45, 7) is 8.12. The summed E-state index contributed by atoms with van der Waals surface area (Å²) >= 11 is 0. The molecule has 0 aromatic heterocycles. The van der Waals surface area contributed by atoms with Crippen molar-refractivity contribution in [2.24, 2.45) is 28.6 Å². The molecule has 3 heteroatoms. The van der Waals surface area contributed by atoms with Gasteiger partial charge in [-0.25, -0.2) is 0 Å². The molecular formula is C16H23NO2. The Bertz CT molecular complexity index is 472. The second kappa shape index (κ2) is 4.37. The van der Waals surface area contributed by atoms with Gasteiger partial charge in [-0.05, 0) is 50.4 Å². The van der Waals surface area contributed by atoms with Gasteiger partial charge in [0.2, 0.25) is 0 Å². The van der Waals surface area contributed by atoms with Crippen LogP contribution in [0.25, 0.3) is 0 Å². The van der Waals surface area contributed by atoms with E-state index in [0.29, 0.717) is 0 Å². The van der Waals surface area contributed by atoms with E-state index >= 15 is 0 Å². The first-order valence-electron chi connectivity index (χ1n) is 7.03. The van der Waals surface area contributed by atoms with Gasteiger partial charge in [-0.3, -0.25) is 4.79 Å². The van der Waals surface area contributed by atoms with E-state index in [4.69, 9.17) is 0 Å². The average molecular weight is 261 g/mol. The molecule has 2 aliphatic rings. The molecule has 0 aromatic rings. The zero-order valence-electron chi connectivity index (χ0n) is 12.2. The Hall–Kier alpha value is -1.30. The van der Waals surface area contributed by atoms with Crippen molar-refractivity contribution >= 4 is 5.97 Å². The minimum Gasteiger partial charge on any atom is -0.481 e. The van der Waals surface area contributed by atoms with Crippen LogP contribution in [0, 0.1) is 39.9 Å². The Morgan fingerprint density at radius 3 is 2.63 bits per heavy atom. The topological polar surface area (TPSA) is 61.1 Å². The zero-order valence-corrected chi connectivity index (χ0v) is 12.2. The van der Waals surface area contributed by atoms with Gasteiger partial charge in [0, 0.05) is 0 Å². The van der Waals surface area contributed by atoms with Crippen molar-refractivity contribution < 1.29 is 9.90 Å². The number of fused-ring (bicyclic) bond motifs is 1. The third kappa shape index (κ3) is 2.08. The van der Waals surface area contributed by atoms with Crippen LogP contribution in [0.2, 0.25) is 0 Å². The molecule has 0 aromatic carbocycles. The number of allylic oxidation sites excluding steroid dienone is 2. The predicted molar refractivity (Wildman–Crippen MR) is 73.2 cm³/mol. The summed E-state index contributed by atoms with van der Waals surface area (Å²) in [5.41, 5.74) is 0.469. The summed E-state index contributed by atoms with van der Waals surface area (Å²) in [5, 5.41) is 19.1. The molecule has 19 heavy (non-hydrogen) atoms. The van der Waals surface area contributed by atoms with Crippen molar-refractivity contribution in [3.63, 3.8) is 0 Å². The first kappa shape index (κ1) is 14.1. The molecule has 0 aliphatic heterocycles. The Morgan fingerprint density at radius 2 is 2.11 bits per heavy atom. The zero-order chi connectivity index (χ0) is 14.4. The number of carbonyl (C=O) groups is 1. The minimum atomic E-state index is -0.735. The molecule has 1 saturated carbocycles. The molecule has 2 rings (SSSR count). The lowest BCUT2D eigenvalue weighted by molar-refractivity contribution is -0.144. The summed E-state index contributed by atoms with van der Waals surface area (Å²) in [6.07, 6.45) is 4.94. The Balaban J connectivity index is 2.40. The molecule has 0 amide bonds. The van der Waals surface area contributed by atoms with Gasteiger partial charge >= 0.3 is 5.97 Å². The highest BCUT2D eigenvalue weighted by Gasteiger charge is 2.70. The molecule has 1 N–H and O–H groups in total. The van der Waals surface area contributed by atoms with E-state index in [-0.39, 0.29) is 23.2 Å². The molecule has 4 atom stereocenters. The minimum absolute atomic E-state index is 0.00398. The quantitative estimate of drug-likeness (QED) is 0.733. The van der Waals surface area contributed by atoms with E-state index in [1.807, 2.05) is 6.92 Å². The summed E-state index contributed by atoms with van der Waals surface area (Å²) in [4.78, 5) is 11.6. The lowest BCUT2D eigenvalue weighted by atomic mass is 9.72. The highest BCUT2D eigenvalue weighted by molar-refractivity contribution is 5.79. The smallest absolute Gasteiger partial charge is 0.309 e. The summed E-state index contributed by atoms with van der Waals surface area (Å²) in [5.74, 6) is -0.763. The fourth-order valence-electron chi connectivity index (χ4n) is 3.79. The SMILES string of the molecule is C/C1=C\CC(C)(C)[C@H](C#N)[C@@H]2[C@H](CC1)[C@]2(C)C(=O)O. The van der Waals surface area contributed by atoms with Gasteiger partial charge < -0.3 is 5.11 Å². The highest BCUT2D eigenvalue weighted by Crippen LogP contribution is 2.67. The molecular weight excluding hydrogens is 238 g/mol. The van der Waals surface area contributed by atoms with Crippen molar-refractivity contribution in [1.82, 2.24) is 0 Å². The molecule has 1 fully saturated rings. The lowest BCUT2D eigenvalue weighted by Crippen LogP contribution is -2.28. The van der Waals surface area contributed by atoms with Crippen molar-refractivity contribution in [2.45, 2.75) is 47.0 Å². The molecule has 0 saturated heterocycles. The number of nitriles is 1. The van der Waals surface area contributed by atoms with E-state index in [1.165, 1.54) is 5.57 Å². The fraction of sp³-hybridized carbons (Fsp3) is 0.750. The van der Waals surface area contributed by atoms with Gasteiger partial charge in [0.05, 0.1) is 17.4 Å². The second-order valence-electron chi connectivity index (χ2n) is 7.11. The Morgan fingerprint density at radius 1 is 1.47 bits per heavy atom. The number of aliphatic carboxylic acids is 1. The van der Waals surface area contributed by atoms with Gasteiger partial charge in [0.1, 0.15) is 0 Å². The Kier molecular flexibility index (Phi) is 3.24. The van der Waals surface area contributed by atoms with Crippen molar-refractivity contribution in [1.29, 1.82) is 5.26 Å². The number of hydrogen-bond donors (Lipinski definition) is 1. The first-order valence-corrected chi connectivity index (χ1v) is 7.03. The van der Waals surface area contributed by atoms with Crippen LogP contribution in [0.3, 0.4) is 0 Å². The second-order valence-corrected chi connectivity index (χ2v) is 7.11. The van der Waals surface area contributed by atoms with Gasteiger partial charge in [0.25, 0.3) is 0 Å². The predicted octanol–water partition coefficient (Wildman–Crippen LogP) is 3.62. The van der Waals surface area contributed by atoms with E-state index < -0.39 is 11.4 Å². The molecule has 3 nitrogen and oxygen atoms in total. The third-order valence-electron chi connectivity index (χ3n) is 5.41. The largest absolute Gasteiger partial charge is 0.481 e. The number of carboxylic acid groups (broad SMARTS) is 1. The van der Waals surface area contributed by atoms with Crippen LogP contribution in [-0.4, -0.2) is 11.1 Å². The third-order valence-corrected chi connectivity index (χ3v) is 5.41. The van der Waals surface area contributed by atoms with E-state index in [2.05, 4.69) is 32.9 Å². The van der Waals surface area contributed by atoms with Gasteiger partial charge in [-0.2, -0.15) is 5.26 Å². The van der Waals surface area contributed by atoms with E-state index in [1.54, 1.807) is 0 Å². The van der Waals surface area contributed by atoms with Crippen molar-refractivity contribution in [2.75, 3.05) is 0 Å². The van der Waals surface area contributed by atoms with E-state index in [0.717, 1.165) is 19.3 Å². The lowest BCUT2D eigenvalue weighted by Gasteiger charge is -2.30. The van der Waals surface area contributed by atoms with Crippen LogP contribution in [0.5, 0.6) is 0 Å². The number of nitrogens with zero attached hydrogens (tertiary/aromatic N) is 1. The molecule has 0 radical (unpaired) electrons. The molecule has 104 valence electrons. The van der Waals surface area contributed by atoms with Crippen molar-refractivity contribution in [3.05, 3.63) is 11.6 Å². The summed E-state index contributed by atoms with van der Waals surface area (Å²) in [7, 11) is 0. The van der Waals surface area contributed by atoms with Crippen LogP contribution >= 0.6 is 0 Å². The highest BCUT2D eigenvalue weighted by atomic mass is 16.4. The van der Waals surface area contributed by atoms with Crippen LogP contribution in [-0.2, 0) is 4.79 Å². The normalized spacial score (nSPS) is 43.5. The van der Waals surface area contributed by atoms with Crippen LogP contribution in [0.1, 0.15) is 47.0 Å². The monoisotopic (exact) mass is 261 g/mol. The molecule has 0 unspecified atom stereocenters. The molecule has 2 aliphatic carbocycles. The van der Waals surface area contributed by atoms with Gasteiger partial charge in [0.15, 0.2) is 0 Å². The number of carboxylic acids is 1. The fourth-order valence-corrected chi connectivity index (χ4v) is 3.79. The summed E-state index contributed by atoms with van der Waals surface area (Å²) < 4.78 is 0. The van der Waals surface area contributed by atoms with Crippen LogP contribution < -0.4 is 0 Å². The summed E-state index contributed by atoms with van der Waals surface area (Å²) in [6, 6.07) is 2.41. The Labute approximate surface area is 115 Å². The van der Waals surface area contributed by atoms with Crippen LogP contribution in [0.15, 0.2) is 11.6 Å². The van der Waals surface area contributed by atoms with Crippen molar-refractivity contribution in [3.8, 4) is 6.07 Å². The van der Waals surface area contributed by atoms with Gasteiger partial charge in [-0.15, -0.1) is 0 Å². The maximum Gasteiger partial charge on any atom is 0.309 e. The maximum atomic E-state index is 11.6. The molecule has 0 heterocycles. The van der Waals surface area contributed by atoms with Gasteiger partial charge in [-0.1, -0.05) is 25.5 Å². The number of hydrogen-bond acceptors (Lipinski definition) is 2. The maximum absolute atomic E-state index is 11.6.